The summed E-state index contributed by atoms with van der Waals surface area (Å²) in [5.74, 6) is -0.336. The summed E-state index contributed by atoms with van der Waals surface area (Å²) in [6.07, 6.45) is 3.76. The molecule has 1 aliphatic carbocycles. The van der Waals surface area contributed by atoms with Gasteiger partial charge in [0.05, 0.1) is 21.0 Å². The molecule has 0 saturated heterocycles. The predicted octanol–water partition coefficient (Wildman–Crippen LogP) is 2.67. The topological polar surface area (TPSA) is 98.3 Å². The van der Waals surface area contributed by atoms with Crippen LogP contribution in [0.3, 0.4) is 0 Å². The number of carbonyl (C=O) groups is 1. The summed E-state index contributed by atoms with van der Waals surface area (Å²) in [6.45, 7) is 0.378. The Hall–Kier alpha value is -1.37. The molecule has 0 aromatic heterocycles. The smallest absolute Gasteiger partial charge is 0.270 e. The number of carbonyl (C=O) groups excluding carboxylic acids is 1. The molecule has 0 atom stereocenters. The van der Waals surface area contributed by atoms with E-state index in [9.17, 15) is 14.9 Å². The maximum Gasteiger partial charge on any atom is 0.270 e. The Morgan fingerprint density at radius 1 is 1.43 bits per heavy atom. The number of halogens is 2. The van der Waals surface area contributed by atoms with E-state index < -0.39 is 4.92 Å². The summed E-state index contributed by atoms with van der Waals surface area (Å²) in [7, 11) is 0. The SMILES string of the molecule is Cl.NCC1(NC(=O)c2ccc([N+](=O)[O-])cc2Cl)CCCC1. The van der Waals surface area contributed by atoms with Gasteiger partial charge in [-0.15, -0.1) is 12.4 Å². The van der Waals surface area contributed by atoms with Crippen LogP contribution < -0.4 is 11.1 Å². The van der Waals surface area contributed by atoms with Crippen molar-refractivity contribution in [3.63, 3.8) is 0 Å². The number of nitrogens with one attached hydrogen (secondary N) is 1. The fourth-order valence-electron chi connectivity index (χ4n) is 2.54. The van der Waals surface area contributed by atoms with E-state index >= 15 is 0 Å². The van der Waals surface area contributed by atoms with E-state index in [0.717, 1.165) is 25.7 Å². The Balaban J connectivity index is 0.00000220. The molecule has 6 nitrogen and oxygen atoms in total. The summed E-state index contributed by atoms with van der Waals surface area (Å²) in [4.78, 5) is 22.3. The number of nitro benzene ring substituents is 1. The summed E-state index contributed by atoms with van der Waals surface area (Å²) in [6, 6.07) is 3.82. The first-order chi connectivity index (χ1) is 9.47. The fraction of sp³-hybridized carbons (Fsp3) is 0.462. The summed E-state index contributed by atoms with van der Waals surface area (Å²) in [5, 5.41) is 13.6. The third kappa shape index (κ3) is 3.84. The maximum atomic E-state index is 12.2. The van der Waals surface area contributed by atoms with Crippen molar-refractivity contribution in [2.75, 3.05) is 6.54 Å². The van der Waals surface area contributed by atoms with E-state index in [-0.39, 0.29) is 40.1 Å². The highest BCUT2D eigenvalue weighted by molar-refractivity contribution is 6.34. The number of nitro groups is 1. The van der Waals surface area contributed by atoms with E-state index in [1.54, 1.807) is 0 Å². The van der Waals surface area contributed by atoms with Crippen LogP contribution in [-0.2, 0) is 0 Å². The zero-order valence-electron chi connectivity index (χ0n) is 11.3. The van der Waals surface area contributed by atoms with Crippen molar-refractivity contribution in [2.24, 2.45) is 5.73 Å². The second-order valence-corrected chi connectivity index (χ2v) is 5.47. The quantitative estimate of drug-likeness (QED) is 0.653. The first-order valence-corrected chi connectivity index (χ1v) is 6.82. The van der Waals surface area contributed by atoms with Crippen molar-refractivity contribution >= 4 is 35.6 Å². The molecule has 1 amide bonds. The summed E-state index contributed by atoms with van der Waals surface area (Å²) >= 11 is 5.95. The van der Waals surface area contributed by atoms with Gasteiger partial charge in [-0.1, -0.05) is 24.4 Å². The Morgan fingerprint density at radius 2 is 2.05 bits per heavy atom. The average molecular weight is 334 g/mol. The molecule has 116 valence electrons. The van der Waals surface area contributed by atoms with Crippen molar-refractivity contribution in [2.45, 2.75) is 31.2 Å². The predicted molar refractivity (Wildman–Crippen MR) is 83.1 cm³/mol. The molecule has 1 aromatic rings. The van der Waals surface area contributed by atoms with Crippen LogP contribution in [0.25, 0.3) is 0 Å². The maximum absolute atomic E-state index is 12.2. The van der Waals surface area contributed by atoms with Gasteiger partial charge < -0.3 is 11.1 Å². The van der Waals surface area contributed by atoms with Crippen LogP contribution in [0.1, 0.15) is 36.0 Å². The molecule has 1 aliphatic rings. The molecule has 0 unspecified atom stereocenters. The molecule has 21 heavy (non-hydrogen) atoms. The van der Waals surface area contributed by atoms with Crippen LogP contribution in [0.15, 0.2) is 18.2 Å². The Labute approximate surface area is 133 Å². The molecule has 0 bridgehead atoms. The largest absolute Gasteiger partial charge is 0.345 e. The van der Waals surface area contributed by atoms with Gasteiger partial charge in [0.15, 0.2) is 0 Å². The van der Waals surface area contributed by atoms with Crippen LogP contribution in [0.2, 0.25) is 5.02 Å². The average Bonchev–Trinajstić information content (AvgIpc) is 2.87. The normalized spacial score (nSPS) is 16.1. The van der Waals surface area contributed by atoms with Crippen LogP contribution >= 0.6 is 24.0 Å². The number of non-ortho nitro benzene ring substituents is 1. The van der Waals surface area contributed by atoms with Crippen molar-refractivity contribution in [3.8, 4) is 0 Å². The first-order valence-electron chi connectivity index (χ1n) is 6.44. The van der Waals surface area contributed by atoms with Gasteiger partial charge in [0.1, 0.15) is 0 Å². The molecular weight excluding hydrogens is 317 g/mol. The number of benzene rings is 1. The van der Waals surface area contributed by atoms with E-state index in [1.807, 2.05) is 0 Å². The van der Waals surface area contributed by atoms with Gasteiger partial charge in [0.2, 0.25) is 0 Å². The highest BCUT2D eigenvalue weighted by Gasteiger charge is 2.34. The summed E-state index contributed by atoms with van der Waals surface area (Å²) < 4.78 is 0. The van der Waals surface area contributed by atoms with Crippen molar-refractivity contribution in [3.05, 3.63) is 38.9 Å². The number of nitrogens with two attached hydrogens (primary N) is 1. The van der Waals surface area contributed by atoms with E-state index in [4.69, 9.17) is 17.3 Å². The minimum absolute atomic E-state index is 0. The molecule has 2 rings (SSSR count). The van der Waals surface area contributed by atoms with E-state index in [0.29, 0.717) is 6.54 Å². The van der Waals surface area contributed by atoms with Crippen LogP contribution in [0.4, 0.5) is 5.69 Å². The van der Waals surface area contributed by atoms with Crippen molar-refractivity contribution < 1.29 is 9.72 Å². The number of hydrogen-bond acceptors (Lipinski definition) is 4. The molecule has 0 spiro atoms. The van der Waals surface area contributed by atoms with Crippen LogP contribution in [0.5, 0.6) is 0 Å². The zero-order valence-corrected chi connectivity index (χ0v) is 12.9. The third-order valence-corrected chi connectivity index (χ3v) is 4.05. The lowest BCUT2D eigenvalue weighted by Crippen LogP contribution is -2.51. The molecule has 0 radical (unpaired) electrons. The highest BCUT2D eigenvalue weighted by Crippen LogP contribution is 2.30. The van der Waals surface area contributed by atoms with Gasteiger partial charge in [-0.25, -0.2) is 0 Å². The Morgan fingerprint density at radius 3 is 2.52 bits per heavy atom. The molecule has 1 fully saturated rings. The lowest BCUT2D eigenvalue weighted by atomic mass is 9.97. The minimum atomic E-state index is -0.550. The number of amides is 1. The number of nitrogens with zero attached hydrogens (tertiary/aromatic N) is 1. The molecule has 1 saturated carbocycles. The number of rotatable bonds is 4. The zero-order chi connectivity index (χ0) is 14.8. The van der Waals surface area contributed by atoms with E-state index in [2.05, 4.69) is 5.32 Å². The minimum Gasteiger partial charge on any atom is -0.345 e. The van der Waals surface area contributed by atoms with Crippen molar-refractivity contribution in [1.29, 1.82) is 0 Å². The van der Waals surface area contributed by atoms with Crippen molar-refractivity contribution in [1.82, 2.24) is 5.32 Å². The van der Waals surface area contributed by atoms with Gasteiger partial charge in [0, 0.05) is 18.7 Å². The molecule has 8 heteroatoms. The second-order valence-electron chi connectivity index (χ2n) is 5.07. The van der Waals surface area contributed by atoms with Gasteiger partial charge in [-0.2, -0.15) is 0 Å². The molecule has 0 heterocycles. The lowest BCUT2D eigenvalue weighted by Gasteiger charge is -2.28. The van der Waals surface area contributed by atoms with Gasteiger partial charge in [0.25, 0.3) is 11.6 Å². The molecule has 1 aromatic carbocycles. The molecular formula is C13H17Cl2N3O3. The first kappa shape index (κ1) is 17.7. The Bertz CT molecular complexity index is 545. The standard InChI is InChI=1S/C13H16ClN3O3.ClH/c14-11-7-9(17(19)20)3-4-10(11)12(18)16-13(8-15)5-1-2-6-13;/h3-4,7H,1-2,5-6,8,15H2,(H,16,18);1H. The van der Waals surface area contributed by atoms with Gasteiger partial charge >= 0.3 is 0 Å². The Kier molecular flexibility index (Phi) is 5.95. The van der Waals surface area contributed by atoms with E-state index in [1.165, 1.54) is 18.2 Å². The lowest BCUT2D eigenvalue weighted by molar-refractivity contribution is -0.384. The van der Waals surface area contributed by atoms with Gasteiger partial charge in [-0.05, 0) is 18.9 Å². The third-order valence-electron chi connectivity index (χ3n) is 3.74. The van der Waals surface area contributed by atoms with Gasteiger partial charge in [-0.3, -0.25) is 14.9 Å². The fourth-order valence-corrected chi connectivity index (χ4v) is 2.80. The molecule has 0 aliphatic heterocycles. The monoisotopic (exact) mass is 333 g/mol. The number of hydrogen-bond donors (Lipinski definition) is 2. The highest BCUT2D eigenvalue weighted by atomic mass is 35.5. The molecule has 3 N–H and O–H groups in total. The van der Waals surface area contributed by atoms with Crippen LogP contribution in [-0.4, -0.2) is 22.9 Å². The second kappa shape index (κ2) is 7.06. The van der Waals surface area contributed by atoms with Crippen LogP contribution in [0, 0.1) is 10.1 Å². The summed E-state index contributed by atoms with van der Waals surface area (Å²) in [5.41, 5.74) is 5.48.